The third-order valence-corrected chi connectivity index (χ3v) is 5.76. The van der Waals surface area contributed by atoms with E-state index in [2.05, 4.69) is 47.2 Å². The molecule has 168 valence electrons. The molecule has 0 saturated heterocycles. The Bertz CT molecular complexity index is 360. The van der Waals surface area contributed by atoms with Gasteiger partial charge >= 0.3 is 0 Å². The lowest BCUT2D eigenvalue weighted by Crippen LogP contribution is -2.54. The molecule has 0 saturated carbocycles. The molecule has 0 aliphatic heterocycles. The van der Waals surface area contributed by atoms with E-state index in [9.17, 15) is 4.79 Å². The second-order valence-electron chi connectivity index (χ2n) is 10.1. The van der Waals surface area contributed by atoms with Crippen LogP contribution in [0, 0.1) is 5.92 Å². The molecule has 0 heterocycles. The van der Waals surface area contributed by atoms with Crippen molar-refractivity contribution in [3.63, 3.8) is 0 Å². The Morgan fingerprint density at radius 3 is 1.46 bits per heavy atom. The van der Waals surface area contributed by atoms with Gasteiger partial charge in [0.2, 0.25) is 0 Å². The lowest BCUT2D eigenvalue weighted by Gasteiger charge is -2.34. The van der Waals surface area contributed by atoms with Gasteiger partial charge in [-0.2, -0.15) is 0 Å². The van der Waals surface area contributed by atoms with Gasteiger partial charge in [-0.25, -0.2) is 0 Å². The number of likely N-dealkylation sites (N-methyl/N-ethyl adjacent to an activating group) is 1. The highest BCUT2D eigenvalue weighted by Gasteiger charge is 2.31. The first-order chi connectivity index (χ1) is 13.3. The minimum absolute atomic E-state index is 0.0617. The first-order valence-corrected chi connectivity index (χ1v) is 12.4. The number of carbonyl (C=O) groups excluding carboxylic acids is 1. The molecule has 1 unspecified atom stereocenters. The highest BCUT2D eigenvalue weighted by atomic mass is 16.2. The largest absolute Gasteiger partial charge is 0.351 e. The lowest BCUT2D eigenvalue weighted by molar-refractivity contribution is -0.887. The Morgan fingerprint density at radius 2 is 1.11 bits per heavy atom. The number of hydrogen-bond acceptors (Lipinski definition) is 1. The van der Waals surface area contributed by atoms with Crippen molar-refractivity contribution in [2.24, 2.45) is 5.92 Å². The smallest absolute Gasteiger partial charge is 0.278 e. The number of unbranched alkanes of at least 4 members (excludes halogenated alkanes) is 13. The molecule has 0 aromatic heterocycles. The molecular formula is C25H53N2O+. The molecule has 0 rings (SSSR count). The maximum atomic E-state index is 12.5. The molecule has 1 amide bonds. The summed E-state index contributed by atoms with van der Waals surface area (Å²) >= 11 is 0. The first kappa shape index (κ1) is 27.4. The number of amides is 1. The number of carbonyl (C=O) groups is 1. The van der Waals surface area contributed by atoms with Crippen molar-refractivity contribution in [2.45, 2.75) is 123 Å². The highest BCUT2D eigenvalue weighted by molar-refractivity contribution is 5.80. The van der Waals surface area contributed by atoms with Crippen molar-refractivity contribution in [3.8, 4) is 0 Å². The van der Waals surface area contributed by atoms with E-state index in [1.54, 1.807) is 0 Å². The third kappa shape index (κ3) is 16.4. The van der Waals surface area contributed by atoms with Gasteiger partial charge in [0.1, 0.15) is 0 Å². The molecule has 1 atom stereocenters. The highest BCUT2D eigenvalue weighted by Crippen LogP contribution is 2.15. The fourth-order valence-corrected chi connectivity index (χ4v) is 3.87. The Labute approximate surface area is 177 Å². The van der Waals surface area contributed by atoms with Crippen LogP contribution in [0.5, 0.6) is 0 Å². The van der Waals surface area contributed by atoms with Crippen molar-refractivity contribution in [1.29, 1.82) is 0 Å². The average molecular weight is 398 g/mol. The molecule has 1 N–H and O–H groups in total. The summed E-state index contributed by atoms with van der Waals surface area (Å²) in [6, 6.07) is 0.0617. The predicted octanol–water partition coefficient (Wildman–Crippen LogP) is 6.70. The molecule has 0 bridgehead atoms. The molecule has 0 aromatic carbocycles. The molecule has 0 aliphatic rings. The number of quaternary nitrogens is 1. The monoisotopic (exact) mass is 397 g/mol. The number of nitrogens with one attached hydrogen (secondary N) is 1. The van der Waals surface area contributed by atoms with Crippen molar-refractivity contribution in [2.75, 3.05) is 27.7 Å². The zero-order chi connectivity index (χ0) is 21.3. The van der Waals surface area contributed by atoms with Crippen LogP contribution in [0.15, 0.2) is 0 Å². The van der Waals surface area contributed by atoms with Crippen molar-refractivity contribution >= 4 is 5.91 Å². The van der Waals surface area contributed by atoms with Crippen molar-refractivity contribution < 1.29 is 9.28 Å². The summed E-state index contributed by atoms with van der Waals surface area (Å²) in [4.78, 5) is 12.5. The van der Waals surface area contributed by atoms with Gasteiger partial charge in [0, 0.05) is 13.0 Å². The molecule has 0 aromatic rings. The van der Waals surface area contributed by atoms with Crippen LogP contribution in [0.3, 0.4) is 0 Å². The van der Waals surface area contributed by atoms with Gasteiger partial charge in [0.05, 0.1) is 21.1 Å². The van der Waals surface area contributed by atoms with E-state index in [4.69, 9.17) is 0 Å². The molecule has 3 heteroatoms. The second kappa shape index (κ2) is 17.3. The minimum atomic E-state index is 0.0617. The van der Waals surface area contributed by atoms with E-state index in [-0.39, 0.29) is 11.9 Å². The van der Waals surface area contributed by atoms with E-state index in [1.165, 1.54) is 83.5 Å². The Morgan fingerprint density at radius 1 is 0.714 bits per heavy atom. The van der Waals surface area contributed by atoms with E-state index < -0.39 is 0 Å². The lowest BCUT2D eigenvalue weighted by atomic mass is 10.0. The summed E-state index contributed by atoms with van der Waals surface area (Å²) in [6.45, 7) is 7.52. The van der Waals surface area contributed by atoms with E-state index in [0.717, 1.165) is 19.4 Å². The predicted molar refractivity (Wildman–Crippen MR) is 125 cm³/mol. The fourth-order valence-electron chi connectivity index (χ4n) is 3.87. The van der Waals surface area contributed by atoms with Crippen LogP contribution in [0.25, 0.3) is 0 Å². The summed E-state index contributed by atoms with van der Waals surface area (Å²) in [5.74, 6) is 0.782. The molecular weight excluding hydrogens is 344 g/mol. The second-order valence-corrected chi connectivity index (χ2v) is 10.1. The molecule has 0 spiro atoms. The van der Waals surface area contributed by atoms with Crippen LogP contribution < -0.4 is 5.32 Å². The Kier molecular flexibility index (Phi) is 16.9. The molecule has 3 nitrogen and oxygen atoms in total. The van der Waals surface area contributed by atoms with E-state index in [0.29, 0.717) is 10.4 Å². The summed E-state index contributed by atoms with van der Waals surface area (Å²) in [5.41, 5.74) is 0. The maximum Gasteiger partial charge on any atom is 0.278 e. The number of hydrogen-bond donors (Lipinski definition) is 1. The SMILES string of the molecule is CCCCCCCCCCCCCCCCNC(=O)C(CC(C)C)[N+](C)(C)C. The van der Waals surface area contributed by atoms with Crippen molar-refractivity contribution in [1.82, 2.24) is 5.32 Å². The van der Waals surface area contributed by atoms with Gasteiger partial charge in [-0.3, -0.25) is 4.79 Å². The summed E-state index contributed by atoms with van der Waals surface area (Å²) in [5, 5.41) is 3.18. The van der Waals surface area contributed by atoms with E-state index in [1.807, 2.05) is 0 Å². The topological polar surface area (TPSA) is 29.1 Å². The van der Waals surface area contributed by atoms with Gasteiger partial charge in [0.15, 0.2) is 6.04 Å². The first-order valence-electron chi connectivity index (χ1n) is 12.4. The minimum Gasteiger partial charge on any atom is -0.351 e. The van der Waals surface area contributed by atoms with Gasteiger partial charge in [-0.15, -0.1) is 0 Å². The number of nitrogens with zero attached hydrogens (tertiary/aromatic N) is 1. The summed E-state index contributed by atoms with van der Waals surface area (Å²) in [6.07, 6.45) is 20.2. The summed E-state index contributed by atoms with van der Waals surface area (Å²) in [7, 11) is 6.37. The van der Waals surface area contributed by atoms with E-state index >= 15 is 0 Å². The van der Waals surface area contributed by atoms with Gasteiger partial charge in [0.25, 0.3) is 5.91 Å². The summed E-state index contributed by atoms with van der Waals surface area (Å²) < 4.78 is 0.711. The third-order valence-electron chi connectivity index (χ3n) is 5.76. The van der Waals surface area contributed by atoms with Crippen LogP contribution >= 0.6 is 0 Å². The Hall–Kier alpha value is -0.570. The maximum absolute atomic E-state index is 12.5. The zero-order valence-electron chi connectivity index (χ0n) is 20.3. The molecule has 0 aliphatic carbocycles. The molecule has 28 heavy (non-hydrogen) atoms. The Balaban J connectivity index is 3.52. The molecule has 0 fully saturated rings. The number of rotatable bonds is 19. The van der Waals surface area contributed by atoms with Crippen LogP contribution in [-0.4, -0.2) is 44.1 Å². The quantitative estimate of drug-likeness (QED) is 0.190. The van der Waals surface area contributed by atoms with Crippen LogP contribution in [0.1, 0.15) is 117 Å². The standard InChI is InChI=1S/C25H52N2O/c1-7-8-9-10-11-12-13-14-15-16-17-18-19-20-21-26-25(28)24(22-23(2)3)27(4,5)6/h23-24H,7-22H2,1-6H3/p+1. The van der Waals surface area contributed by atoms with Gasteiger partial charge in [-0.1, -0.05) is 104 Å². The average Bonchev–Trinajstić information content (AvgIpc) is 2.61. The van der Waals surface area contributed by atoms with Crippen LogP contribution in [0.2, 0.25) is 0 Å². The fraction of sp³-hybridized carbons (Fsp3) is 0.960. The zero-order valence-corrected chi connectivity index (χ0v) is 20.3. The van der Waals surface area contributed by atoms with Gasteiger partial charge < -0.3 is 9.80 Å². The van der Waals surface area contributed by atoms with Crippen LogP contribution in [-0.2, 0) is 4.79 Å². The van der Waals surface area contributed by atoms with Crippen LogP contribution in [0.4, 0.5) is 0 Å². The normalized spacial score (nSPS) is 13.1. The van der Waals surface area contributed by atoms with Crippen molar-refractivity contribution in [3.05, 3.63) is 0 Å². The molecule has 0 radical (unpaired) electrons. The van der Waals surface area contributed by atoms with Gasteiger partial charge in [-0.05, 0) is 12.3 Å².